The maximum atomic E-state index is 5.56. The van der Waals surface area contributed by atoms with Crippen LogP contribution in [0.3, 0.4) is 0 Å². The lowest BCUT2D eigenvalue weighted by molar-refractivity contribution is 0.472. The first kappa shape index (κ1) is 11.9. The van der Waals surface area contributed by atoms with Crippen molar-refractivity contribution >= 4 is 0 Å². The summed E-state index contributed by atoms with van der Waals surface area (Å²) in [7, 11) is 0. The average Bonchev–Trinajstić information content (AvgIpc) is 2.95. The van der Waals surface area contributed by atoms with Crippen LogP contribution in [0.2, 0.25) is 0 Å². The monoisotopic (exact) mass is 233 g/mol. The van der Waals surface area contributed by atoms with Crippen LogP contribution in [0, 0.1) is 0 Å². The minimum absolute atomic E-state index is 0.517. The van der Waals surface area contributed by atoms with Crippen molar-refractivity contribution in [2.75, 3.05) is 0 Å². The molecule has 0 aromatic carbocycles. The number of hydrogen-bond acceptors (Lipinski definition) is 3. The van der Waals surface area contributed by atoms with E-state index in [-0.39, 0.29) is 0 Å². The van der Waals surface area contributed by atoms with Crippen LogP contribution in [0.25, 0.3) is 0 Å². The Hall–Kier alpha value is -1.55. The second-order valence-corrected chi connectivity index (χ2v) is 4.12. The van der Waals surface area contributed by atoms with Gasteiger partial charge in [-0.05, 0) is 25.0 Å². The summed E-state index contributed by atoms with van der Waals surface area (Å²) in [5.41, 5.74) is 8.96. The molecule has 2 N–H and O–H groups in total. The molecule has 0 bridgehead atoms. The molecule has 4 nitrogen and oxygen atoms in total. The van der Waals surface area contributed by atoms with Crippen molar-refractivity contribution < 1.29 is 4.42 Å². The maximum Gasteiger partial charge on any atom is 0.125 e. The van der Waals surface area contributed by atoms with E-state index in [1.807, 2.05) is 10.7 Å². The average molecular weight is 233 g/mol. The topological polar surface area (TPSA) is 57.0 Å². The van der Waals surface area contributed by atoms with E-state index in [0.717, 1.165) is 29.9 Å². The number of rotatable bonds is 5. The Morgan fingerprint density at radius 2 is 2.12 bits per heavy atom. The van der Waals surface area contributed by atoms with Gasteiger partial charge in [0, 0.05) is 17.8 Å². The molecular weight excluding hydrogens is 214 g/mol. The minimum Gasteiger partial charge on any atom is -0.467 e. The molecule has 17 heavy (non-hydrogen) atoms. The Morgan fingerprint density at radius 1 is 1.29 bits per heavy atom. The number of hydrogen-bond donors (Lipinski definition) is 1. The number of aryl methyl sites for hydroxylation is 2. The molecule has 0 spiro atoms. The smallest absolute Gasteiger partial charge is 0.125 e. The number of aromatic nitrogens is 2. The van der Waals surface area contributed by atoms with Crippen molar-refractivity contribution in [3.63, 3.8) is 0 Å². The molecule has 2 heterocycles. The van der Waals surface area contributed by atoms with Gasteiger partial charge in [-0.3, -0.25) is 4.68 Å². The molecule has 2 rings (SSSR count). The molecule has 92 valence electrons. The van der Waals surface area contributed by atoms with Gasteiger partial charge in [-0.15, -0.1) is 0 Å². The van der Waals surface area contributed by atoms with Gasteiger partial charge in [-0.1, -0.05) is 13.8 Å². The molecule has 0 aliphatic heterocycles. The highest BCUT2D eigenvalue weighted by molar-refractivity contribution is 5.15. The quantitative estimate of drug-likeness (QED) is 0.860. The zero-order chi connectivity index (χ0) is 12.3. The second kappa shape index (κ2) is 5.19. The van der Waals surface area contributed by atoms with Crippen molar-refractivity contribution in [3.05, 3.63) is 41.1 Å². The maximum absolute atomic E-state index is 5.56. The molecule has 0 saturated carbocycles. The van der Waals surface area contributed by atoms with Gasteiger partial charge < -0.3 is 10.2 Å². The van der Waals surface area contributed by atoms with E-state index in [1.54, 1.807) is 6.26 Å². The van der Waals surface area contributed by atoms with Crippen molar-refractivity contribution in [2.45, 2.75) is 39.8 Å². The molecule has 0 radical (unpaired) electrons. The summed E-state index contributed by atoms with van der Waals surface area (Å²) in [6, 6.07) is 4.15. The van der Waals surface area contributed by atoms with Gasteiger partial charge in [0.2, 0.25) is 0 Å². The number of nitrogens with two attached hydrogens (primary N) is 1. The van der Waals surface area contributed by atoms with E-state index >= 15 is 0 Å². The number of furan rings is 1. The van der Waals surface area contributed by atoms with E-state index in [0.29, 0.717) is 13.1 Å². The fourth-order valence-corrected chi connectivity index (χ4v) is 1.87. The molecule has 2 aromatic rings. The normalized spacial score (nSPS) is 11.0. The Morgan fingerprint density at radius 3 is 2.71 bits per heavy atom. The first-order valence-corrected chi connectivity index (χ1v) is 6.08. The highest BCUT2D eigenvalue weighted by atomic mass is 16.3. The summed E-state index contributed by atoms with van der Waals surface area (Å²) in [6.07, 6.45) is 3.66. The third kappa shape index (κ3) is 2.58. The van der Waals surface area contributed by atoms with Gasteiger partial charge >= 0.3 is 0 Å². The highest BCUT2D eigenvalue weighted by Crippen LogP contribution is 2.12. The largest absolute Gasteiger partial charge is 0.467 e. The molecule has 0 aliphatic carbocycles. The van der Waals surface area contributed by atoms with Crippen LogP contribution in [0.5, 0.6) is 0 Å². The van der Waals surface area contributed by atoms with E-state index < -0.39 is 0 Å². The van der Waals surface area contributed by atoms with E-state index in [4.69, 9.17) is 10.2 Å². The molecule has 4 heteroatoms. The van der Waals surface area contributed by atoms with Crippen molar-refractivity contribution in [1.82, 2.24) is 9.78 Å². The zero-order valence-electron chi connectivity index (χ0n) is 10.4. The number of nitrogens with zero attached hydrogens (tertiary/aromatic N) is 2. The van der Waals surface area contributed by atoms with Crippen LogP contribution in [0.1, 0.15) is 36.6 Å². The molecule has 2 aromatic heterocycles. The lowest BCUT2D eigenvalue weighted by atomic mass is 10.2. The molecule has 0 atom stereocenters. The van der Waals surface area contributed by atoms with Crippen LogP contribution < -0.4 is 5.73 Å². The summed E-state index contributed by atoms with van der Waals surface area (Å²) < 4.78 is 7.47. The molecule has 0 unspecified atom stereocenters. The van der Waals surface area contributed by atoms with Crippen molar-refractivity contribution in [3.8, 4) is 0 Å². The van der Waals surface area contributed by atoms with Crippen molar-refractivity contribution in [2.24, 2.45) is 5.73 Å². The van der Waals surface area contributed by atoms with Crippen LogP contribution in [-0.4, -0.2) is 9.78 Å². The SMILES string of the molecule is CCc1cc(CC)n(Cc2cc(CN)co2)n1. The van der Waals surface area contributed by atoms with Crippen LogP contribution in [0.4, 0.5) is 0 Å². The third-order valence-corrected chi connectivity index (χ3v) is 2.89. The zero-order valence-corrected chi connectivity index (χ0v) is 10.4. The Labute approximate surface area is 101 Å². The third-order valence-electron chi connectivity index (χ3n) is 2.89. The lowest BCUT2D eigenvalue weighted by Crippen LogP contribution is -2.05. The predicted molar refractivity (Wildman–Crippen MR) is 66.7 cm³/mol. The first-order valence-electron chi connectivity index (χ1n) is 6.08. The fourth-order valence-electron chi connectivity index (χ4n) is 1.87. The van der Waals surface area contributed by atoms with E-state index in [9.17, 15) is 0 Å². The van der Waals surface area contributed by atoms with Crippen molar-refractivity contribution in [1.29, 1.82) is 0 Å². The minimum atomic E-state index is 0.517. The standard InChI is InChI=1S/C13H19N3O/c1-3-11-6-12(4-2)16(15-11)8-13-5-10(7-14)9-17-13/h5-6,9H,3-4,7-8,14H2,1-2H3. The first-order chi connectivity index (χ1) is 8.26. The van der Waals surface area contributed by atoms with Gasteiger partial charge in [0.25, 0.3) is 0 Å². The van der Waals surface area contributed by atoms with Crippen LogP contribution in [-0.2, 0) is 25.9 Å². The molecular formula is C13H19N3O. The molecule has 0 amide bonds. The van der Waals surface area contributed by atoms with Gasteiger partial charge in [0.1, 0.15) is 5.76 Å². The van der Waals surface area contributed by atoms with E-state index in [2.05, 4.69) is 25.0 Å². The fraction of sp³-hybridized carbons (Fsp3) is 0.462. The molecule has 0 saturated heterocycles. The Kier molecular flexibility index (Phi) is 3.64. The summed E-state index contributed by atoms with van der Waals surface area (Å²) in [4.78, 5) is 0. The van der Waals surface area contributed by atoms with Gasteiger partial charge in [0.15, 0.2) is 0 Å². The summed E-state index contributed by atoms with van der Waals surface area (Å²) in [5, 5.41) is 4.56. The second-order valence-electron chi connectivity index (χ2n) is 4.12. The summed E-state index contributed by atoms with van der Waals surface area (Å²) in [6.45, 7) is 5.46. The van der Waals surface area contributed by atoms with Gasteiger partial charge in [-0.2, -0.15) is 5.10 Å². The highest BCUT2D eigenvalue weighted by Gasteiger charge is 2.08. The van der Waals surface area contributed by atoms with Gasteiger partial charge in [0.05, 0.1) is 18.5 Å². The predicted octanol–water partition coefficient (Wildman–Crippen LogP) is 2.11. The van der Waals surface area contributed by atoms with E-state index in [1.165, 1.54) is 5.69 Å². The summed E-state index contributed by atoms with van der Waals surface area (Å²) >= 11 is 0. The van der Waals surface area contributed by atoms with Crippen LogP contribution >= 0.6 is 0 Å². The molecule has 0 aliphatic rings. The van der Waals surface area contributed by atoms with Crippen LogP contribution in [0.15, 0.2) is 22.8 Å². The van der Waals surface area contributed by atoms with Gasteiger partial charge in [-0.25, -0.2) is 0 Å². The lowest BCUT2D eigenvalue weighted by Gasteiger charge is -2.02. The molecule has 0 fully saturated rings. The Bertz CT molecular complexity index is 485. The summed E-state index contributed by atoms with van der Waals surface area (Å²) in [5.74, 6) is 0.908. The Balaban J connectivity index is 2.19.